The summed E-state index contributed by atoms with van der Waals surface area (Å²) in [6, 6.07) is 3.29. The Kier molecular flexibility index (Phi) is 6.94. The number of likely N-dealkylation sites (tertiary alicyclic amines) is 2. The monoisotopic (exact) mass is 468 g/mol. The predicted molar refractivity (Wildman–Crippen MR) is 112 cm³/mol. The van der Waals surface area contributed by atoms with Crippen LogP contribution in [0, 0.1) is 0 Å². The highest BCUT2D eigenvalue weighted by Gasteiger charge is 2.40. The first kappa shape index (κ1) is 23.8. The molecule has 11 nitrogen and oxygen atoms in total. The van der Waals surface area contributed by atoms with E-state index in [0.29, 0.717) is 19.4 Å². The molecule has 3 rings (SSSR count). The molecule has 176 valence electrons. The third-order valence-corrected chi connectivity index (χ3v) is 6.80. The van der Waals surface area contributed by atoms with E-state index in [1.54, 1.807) is 0 Å². The van der Waals surface area contributed by atoms with Crippen LogP contribution in [0.25, 0.3) is 0 Å². The molecule has 3 amide bonds. The second-order valence-corrected chi connectivity index (χ2v) is 9.88. The summed E-state index contributed by atoms with van der Waals surface area (Å²) in [5.74, 6) is -1.36. The van der Waals surface area contributed by atoms with Crippen molar-refractivity contribution in [2.45, 2.75) is 43.5 Å². The first-order valence-corrected chi connectivity index (χ1v) is 11.2. The minimum Gasteiger partial charge on any atom is -0.772 e. The lowest BCUT2D eigenvalue weighted by atomic mass is 10.0. The quantitative estimate of drug-likeness (QED) is 0.293. The smallest absolute Gasteiger partial charge is 0.409 e. The Morgan fingerprint density at radius 1 is 1.34 bits per heavy atom. The summed E-state index contributed by atoms with van der Waals surface area (Å²) in [5.41, 5.74) is 0.157. The number of phenolic OH excluding ortho intramolecular Hbond substituents is 2. The van der Waals surface area contributed by atoms with Crippen LogP contribution in [0.2, 0.25) is 0 Å². The van der Waals surface area contributed by atoms with E-state index in [4.69, 9.17) is 4.74 Å². The molecule has 1 aromatic rings. The van der Waals surface area contributed by atoms with Gasteiger partial charge in [0, 0.05) is 43.7 Å². The van der Waals surface area contributed by atoms with Crippen LogP contribution in [0.1, 0.15) is 37.0 Å². The van der Waals surface area contributed by atoms with E-state index in [1.165, 1.54) is 28.9 Å². The summed E-state index contributed by atoms with van der Waals surface area (Å²) in [5, 5.41) is 21.6. The highest BCUT2D eigenvalue weighted by molar-refractivity contribution is 7.80. The summed E-state index contributed by atoms with van der Waals surface area (Å²) in [6.07, 6.45) is 0.130. The molecule has 0 aliphatic carbocycles. The Labute approximate surface area is 187 Å². The number of carbonyl (C=O) groups is 3. The maximum absolute atomic E-state index is 12.4. The van der Waals surface area contributed by atoms with Crippen molar-refractivity contribution in [2.75, 3.05) is 26.2 Å². The maximum atomic E-state index is 12.4. The van der Waals surface area contributed by atoms with Gasteiger partial charge in [-0.15, -0.1) is 0 Å². The van der Waals surface area contributed by atoms with Gasteiger partial charge in [-0.1, -0.05) is 0 Å². The van der Waals surface area contributed by atoms with Crippen molar-refractivity contribution in [2.24, 2.45) is 0 Å². The van der Waals surface area contributed by atoms with Crippen molar-refractivity contribution in [1.82, 2.24) is 15.1 Å². The van der Waals surface area contributed by atoms with Gasteiger partial charge in [0.2, 0.25) is 5.91 Å². The van der Waals surface area contributed by atoms with Gasteiger partial charge in [-0.2, -0.15) is 0 Å². The minimum atomic E-state index is -2.58. The van der Waals surface area contributed by atoms with E-state index in [2.05, 4.69) is 5.32 Å². The van der Waals surface area contributed by atoms with E-state index >= 15 is 0 Å². The first-order valence-electron chi connectivity index (χ1n) is 10.1. The molecule has 0 aromatic heterocycles. The van der Waals surface area contributed by atoms with Crippen molar-refractivity contribution in [3.8, 4) is 11.5 Å². The van der Waals surface area contributed by atoms with Gasteiger partial charge in [-0.3, -0.25) is 13.8 Å². The number of nitrogens with zero attached hydrogens (tertiary/aromatic N) is 2. The van der Waals surface area contributed by atoms with E-state index < -0.39 is 40.2 Å². The fraction of sp³-hybridized carbons (Fsp3) is 0.550. The van der Waals surface area contributed by atoms with E-state index in [9.17, 15) is 33.4 Å². The second kappa shape index (κ2) is 9.33. The van der Waals surface area contributed by atoms with Gasteiger partial charge in [0.05, 0.1) is 4.75 Å². The lowest BCUT2D eigenvalue weighted by Crippen LogP contribution is -2.58. The van der Waals surface area contributed by atoms with Crippen LogP contribution < -0.4 is 5.32 Å². The van der Waals surface area contributed by atoms with Crippen LogP contribution in [-0.2, 0) is 20.6 Å². The van der Waals surface area contributed by atoms with Gasteiger partial charge in [-0.25, -0.2) is 4.79 Å². The Morgan fingerprint density at radius 3 is 2.66 bits per heavy atom. The molecule has 3 N–H and O–H groups in total. The number of rotatable bonds is 7. The molecule has 0 saturated carbocycles. The van der Waals surface area contributed by atoms with Crippen LogP contribution in [0.5, 0.6) is 11.5 Å². The van der Waals surface area contributed by atoms with Crippen molar-refractivity contribution >= 4 is 29.0 Å². The highest BCUT2D eigenvalue weighted by atomic mass is 32.2. The van der Waals surface area contributed by atoms with Crippen LogP contribution in [-0.4, -0.2) is 89.8 Å². The minimum absolute atomic E-state index is 0.0560. The summed E-state index contributed by atoms with van der Waals surface area (Å²) >= 11 is -2.58. The molecule has 0 radical (unpaired) electrons. The summed E-state index contributed by atoms with van der Waals surface area (Å²) in [7, 11) is 0. The summed E-state index contributed by atoms with van der Waals surface area (Å²) in [6.45, 7) is 3.26. The van der Waals surface area contributed by atoms with Crippen molar-refractivity contribution in [3.05, 3.63) is 23.8 Å². The number of amides is 3. The zero-order valence-corrected chi connectivity index (χ0v) is 18.6. The van der Waals surface area contributed by atoms with Crippen LogP contribution in [0.15, 0.2) is 18.2 Å². The van der Waals surface area contributed by atoms with Crippen molar-refractivity contribution in [3.63, 3.8) is 0 Å². The molecule has 2 saturated heterocycles. The number of β-lactam (4-membered cyclic amide) rings is 1. The van der Waals surface area contributed by atoms with Gasteiger partial charge in [0.15, 0.2) is 11.5 Å². The van der Waals surface area contributed by atoms with Crippen LogP contribution in [0.3, 0.4) is 0 Å². The topological polar surface area (TPSA) is 160 Å². The Bertz CT molecular complexity index is 941. The van der Waals surface area contributed by atoms with Gasteiger partial charge >= 0.3 is 6.09 Å². The molecular formula is C20H26N3O8S-. The lowest BCUT2D eigenvalue weighted by molar-refractivity contribution is -0.145. The number of nitrogens with one attached hydrogen (secondary N) is 1. The average molecular weight is 469 g/mol. The third-order valence-electron chi connectivity index (χ3n) is 5.75. The lowest BCUT2D eigenvalue weighted by Gasteiger charge is -2.44. The normalized spacial score (nSPS) is 23.3. The van der Waals surface area contributed by atoms with Gasteiger partial charge < -0.3 is 34.6 Å². The standard InChI is InChI=1S/C20H27N3O8S/c1-12-7-17(26)23(12)10-20(2,32(29)30)11-31-19(28)22-6-5-14(9-22)21-18(27)13-3-4-15(24)16(25)8-13/h3-4,8,12,14,24-25H,5-7,9-11H2,1-2H3,(H,21,27)(H,29,30)/p-1/t12-,14?,20-/m1/s1. The molecule has 1 aromatic carbocycles. The van der Waals surface area contributed by atoms with E-state index in [-0.39, 0.29) is 42.4 Å². The molecule has 32 heavy (non-hydrogen) atoms. The van der Waals surface area contributed by atoms with Gasteiger partial charge in [0.1, 0.15) is 6.61 Å². The zero-order chi connectivity index (χ0) is 23.6. The number of hydrogen-bond acceptors (Lipinski definition) is 8. The average Bonchev–Trinajstić information content (AvgIpc) is 3.20. The first-order chi connectivity index (χ1) is 15.0. The summed E-state index contributed by atoms with van der Waals surface area (Å²) in [4.78, 5) is 39.3. The van der Waals surface area contributed by atoms with Crippen LogP contribution >= 0.6 is 0 Å². The largest absolute Gasteiger partial charge is 0.772 e. The Hall–Kier alpha value is -2.86. The number of benzene rings is 1. The van der Waals surface area contributed by atoms with E-state index in [0.717, 1.165) is 6.07 Å². The SMILES string of the molecule is C[C@@H]1CC(=O)N1C[C@](C)(COC(=O)N1CCC(NC(=O)c2ccc(O)c(O)c2)C1)S(=O)[O-]. The zero-order valence-electron chi connectivity index (χ0n) is 17.8. The number of ether oxygens (including phenoxy) is 1. The van der Waals surface area contributed by atoms with Gasteiger partial charge in [0.25, 0.3) is 5.91 Å². The van der Waals surface area contributed by atoms with Crippen LogP contribution in [0.4, 0.5) is 4.79 Å². The fourth-order valence-electron chi connectivity index (χ4n) is 3.65. The van der Waals surface area contributed by atoms with Crippen molar-refractivity contribution < 1.29 is 38.1 Å². The number of phenols is 2. The third kappa shape index (κ3) is 5.13. The molecule has 0 spiro atoms. The molecular weight excluding hydrogens is 442 g/mol. The Balaban J connectivity index is 1.51. The van der Waals surface area contributed by atoms with Gasteiger partial charge in [-0.05, 0) is 49.5 Å². The molecule has 12 heteroatoms. The molecule has 2 aliphatic rings. The molecule has 2 unspecified atom stereocenters. The fourth-order valence-corrected chi connectivity index (χ4v) is 4.05. The molecule has 4 atom stereocenters. The number of aromatic hydroxyl groups is 2. The highest BCUT2D eigenvalue weighted by Crippen LogP contribution is 2.26. The number of carbonyl (C=O) groups excluding carboxylic acids is 3. The molecule has 2 aliphatic heterocycles. The second-order valence-electron chi connectivity index (χ2n) is 8.42. The number of hydrogen-bond donors (Lipinski definition) is 3. The predicted octanol–water partition coefficient (Wildman–Crippen LogP) is 0.297. The molecule has 2 heterocycles. The molecule has 2 fully saturated rings. The molecule has 0 bridgehead atoms. The maximum Gasteiger partial charge on any atom is 0.409 e. The summed E-state index contributed by atoms with van der Waals surface area (Å²) < 4.78 is 27.4. The Morgan fingerprint density at radius 2 is 2.06 bits per heavy atom. The van der Waals surface area contributed by atoms with Crippen molar-refractivity contribution in [1.29, 1.82) is 0 Å². The van der Waals surface area contributed by atoms with E-state index in [1.807, 2.05) is 6.92 Å².